The van der Waals surface area contributed by atoms with Gasteiger partial charge in [0.1, 0.15) is 5.02 Å². The molecular formula is C22H25ClN6O2. The Kier molecular flexibility index (Phi) is 5.50. The number of ether oxygens (including phenoxy) is 1. The van der Waals surface area contributed by atoms with Crippen molar-refractivity contribution in [2.45, 2.75) is 51.9 Å². The number of rotatable bonds is 4. The zero-order valence-corrected chi connectivity index (χ0v) is 18.3. The van der Waals surface area contributed by atoms with Crippen LogP contribution in [0.25, 0.3) is 0 Å². The summed E-state index contributed by atoms with van der Waals surface area (Å²) in [5.74, 6) is 0. The molecule has 5 heterocycles. The van der Waals surface area contributed by atoms with E-state index in [4.69, 9.17) is 16.3 Å². The van der Waals surface area contributed by atoms with E-state index in [2.05, 4.69) is 30.6 Å². The number of fused-ring (bicyclic) bond motifs is 1. The Hall–Kier alpha value is -2.71. The maximum atomic E-state index is 12.9. The number of nitrogens with zero attached hydrogens (tertiary/aromatic N) is 6. The molecule has 3 aromatic rings. The first-order chi connectivity index (χ1) is 15.1. The van der Waals surface area contributed by atoms with Crippen LogP contribution in [0.3, 0.4) is 0 Å². The van der Waals surface area contributed by atoms with Crippen LogP contribution in [0, 0.1) is 6.92 Å². The summed E-state index contributed by atoms with van der Waals surface area (Å²) in [6, 6.07) is 4.06. The molecule has 0 saturated carbocycles. The molecule has 1 unspecified atom stereocenters. The highest BCUT2D eigenvalue weighted by atomic mass is 35.5. The molecule has 3 aromatic heterocycles. The van der Waals surface area contributed by atoms with Gasteiger partial charge in [0, 0.05) is 37.2 Å². The second-order valence-corrected chi connectivity index (χ2v) is 8.48. The molecule has 1 atom stereocenters. The number of pyridine rings is 1. The third kappa shape index (κ3) is 3.85. The highest BCUT2D eigenvalue weighted by Gasteiger charge is 2.26. The molecule has 162 valence electrons. The monoisotopic (exact) mass is 440 g/mol. The number of hydrogen-bond acceptors (Lipinski definition) is 6. The van der Waals surface area contributed by atoms with Gasteiger partial charge in [-0.05, 0) is 37.8 Å². The van der Waals surface area contributed by atoms with Crippen LogP contribution >= 0.6 is 11.6 Å². The van der Waals surface area contributed by atoms with Crippen molar-refractivity contribution in [1.29, 1.82) is 0 Å². The average Bonchev–Trinajstić information content (AvgIpc) is 3.20. The molecule has 0 spiro atoms. The van der Waals surface area contributed by atoms with Crippen molar-refractivity contribution in [3.63, 3.8) is 0 Å². The summed E-state index contributed by atoms with van der Waals surface area (Å²) in [4.78, 5) is 23.9. The van der Waals surface area contributed by atoms with Crippen molar-refractivity contribution >= 4 is 17.3 Å². The summed E-state index contributed by atoms with van der Waals surface area (Å²) in [6.45, 7) is 4.76. The molecule has 0 amide bonds. The molecule has 8 nitrogen and oxygen atoms in total. The first-order valence-corrected chi connectivity index (χ1v) is 11.1. The van der Waals surface area contributed by atoms with Crippen molar-refractivity contribution in [3.05, 3.63) is 68.9 Å². The van der Waals surface area contributed by atoms with Gasteiger partial charge in [-0.3, -0.25) is 9.78 Å². The lowest BCUT2D eigenvalue weighted by Gasteiger charge is -2.30. The minimum absolute atomic E-state index is 0.193. The highest BCUT2D eigenvalue weighted by molar-refractivity contribution is 6.33. The maximum Gasteiger partial charge on any atom is 0.290 e. The van der Waals surface area contributed by atoms with Crippen LogP contribution in [-0.2, 0) is 24.2 Å². The van der Waals surface area contributed by atoms with Crippen molar-refractivity contribution in [2.24, 2.45) is 0 Å². The number of imidazole rings is 1. The van der Waals surface area contributed by atoms with Gasteiger partial charge in [0.25, 0.3) is 5.56 Å². The maximum absolute atomic E-state index is 12.9. The molecule has 0 N–H and O–H groups in total. The summed E-state index contributed by atoms with van der Waals surface area (Å²) in [7, 11) is 0. The van der Waals surface area contributed by atoms with Gasteiger partial charge < -0.3 is 14.2 Å². The molecule has 0 bridgehead atoms. The van der Waals surface area contributed by atoms with Gasteiger partial charge in [-0.1, -0.05) is 17.7 Å². The molecule has 31 heavy (non-hydrogen) atoms. The summed E-state index contributed by atoms with van der Waals surface area (Å²) < 4.78 is 9.27. The minimum Gasteiger partial charge on any atom is -0.362 e. The van der Waals surface area contributed by atoms with Gasteiger partial charge in [-0.15, -0.1) is 0 Å². The second-order valence-electron chi connectivity index (χ2n) is 8.10. The lowest BCUT2D eigenvalue weighted by atomic mass is 10.1. The lowest BCUT2D eigenvalue weighted by Crippen LogP contribution is -2.36. The Labute approximate surface area is 185 Å². The predicted molar refractivity (Wildman–Crippen MR) is 117 cm³/mol. The fourth-order valence-electron chi connectivity index (χ4n) is 4.36. The van der Waals surface area contributed by atoms with E-state index in [1.807, 2.05) is 25.5 Å². The molecule has 0 radical (unpaired) electrons. The predicted octanol–water partition coefficient (Wildman–Crippen LogP) is 3.11. The fraction of sp³-hybridized carbons (Fsp3) is 0.455. The van der Waals surface area contributed by atoms with E-state index in [1.54, 1.807) is 6.20 Å². The molecular weight excluding hydrogens is 416 g/mol. The normalized spacial score (nSPS) is 18.8. The van der Waals surface area contributed by atoms with E-state index in [1.165, 1.54) is 15.9 Å². The van der Waals surface area contributed by atoms with Crippen molar-refractivity contribution < 1.29 is 4.74 Å². The first kappa shape index (κ1) is 20.2. The van der Waals surface area contributed by atoms with Crippen molar-refractivity contribution in [1.82, 2.24) is 24.3 Å². The van der Waals surface area contributed by atoms with Crippen LogP contribution < -0.4 is 10.5 Å². The SMILES string of the molecule is Cc1ncccc1Cn1cnc2c1CCN(c1cnn(C3CCCCO3)c(=O)c1Cl)C2. The van der Waals surface area contributed by atoms with Gasteiger partial charge in [-0.2, -0.15) is 9.78 Å². The van der Waals surface area contributed by atoms with Gasteiger partial charge in [-0.25, -0.2) is 4.98 Å². The van der Waals surface area contributed by atoms with Crippen LogP contribution in [0.5, 0.6) is 0 Å². The molecule has 9 heteroatoms. The molecule has 0 aromatic carbocycles. The van der Waals surface area contributed by atoms with E-state index in [0.717, 1.165) is 50.2 Å². The molecule has 1 saturated heterocycles. The van der Waals surface area contributed by atoms with Gasteiger partial charge in [0.15, 0.2) is 6.23 Å². The van der Waals surface area contributed by atoms with Gasteiger partial charge >= 0.3 is 0 Å². The molecule has 1 fully saturated rings. The quantitative estimate of drug-likeness (QED) is 0.620. The van der Waals surface area contributed by atoms with Crippen LogP contribution in [0.4, 0.5) is 5.69 Å². The molecule has 2 aliphatic heterocycles. The van der Waals surface area contributed by atoms with Crippen LogP contribution in [-0.4, -0.2) is 37.5 Å². The fourth-order valence-corrected chi connectivity index (χ4v) is 4.61. The minimum atomic E-state index is -0.326. The highest BCUT2D eigenvalue weighted by Crippen LogP contribution is 2.29. The molecule has 5 rings (SSSR count). The van der Waals surface area contributed by atoms with Crippen LogP contribution in [0.15, 0.2) is 35.6 Å². The van der Waals surface area contributed by atoms with E-state index in [9.17, 15) is 4.79 Å². The standard InChI is InChI=1S/C22H25ClN6O2/c1-15-16(5-4-8-24-15)12-28-14-25-17-13-27(9-7-18(17)28)19-11-26-29(22(30)21(19)23)20-6-2-3-10-31-20/h4-5,8,11,14,20H,2-3,6-7,9-10,12-13H2,1H3. The molecule has 0 aliphatic carbocycles. The van der Waals surface area contributed by atoms with Crippen molar-refractivity contribution in [2.75, 3.05) is 18.1 Å². The number of anilines is 1. The first-order valence-electron chi connectivity index (χ1n) is 10.7. The summed E-state index contributed by atoms with van der Waals surface area (Å²) in [5, 5.41) is 4.58. The summed E-state index contributed by atoms with van der Waals surface area (Å²) in [5.41, 5.74) is 4.79. The summed E-state index contributed by atoms with van der Waals surface area (Å²) in [6.07, 6.45) is 8.69. The average molecular weight is 441 g/mol. The Bertz CT molecular complexity index is 1150. The number of hydrogen-bond donors (Lipinski definition) is 0. The van der Waals surface area contributed by atoms with E-state index >= 15 is 0 Å². The zero-order chi connectivity index (χ0) is 21.4. The topological polar surface area (TPSA) is 78.1 Å². The van der Waals surface area contributed by atoms with Gasteiger partial charge in [0.2, 0.25) is 0 Å². The second kappa shape index (κ2) is 8.43. The Balaban J connectivity index is 1.36. The number of aromatic nitrogens is 5. The van der Waals surface area contributed by atoms with Gasteiger partial charge in [0.05, 0.1) is 37.0 Å². The third-order valence-electron chi connectivity index (χ3n) is 6.14. The van der Waals surface area contributed by atoms with E-state index in [-0.39, 0.29) is 16.8 Å². The lowest BCUT2D eigenvalue weighted by molar-refractivity contribution is -0.0424. The smallest absolute Gasteiger partial charge is 0.290 e. The van der Waals surface area contributed by atoms with E-state index < -0.39 is 0 Å². The Morgan fingerprint density at radius 1 is 1.29 bits per heavy atom. The van der Waals surface area contributed by atoms with E-state index in [0.29, 0.717) is 18.8 Å². The number of aryl methyl sites for hydroxylation is 1. The Morgan fingerprint density at radius 2 is 2.19 bits per heavy atom. The summed E-state index contributed by atoms with van der Waals surface area (Å²) >= 11 is 6.50. The van der Waals surface area contributed by atoms with Crippen molar-refractivity contribution in [3.8, 4) is 0 Å². The molecule has 2 aliphatic rings. The number of halogens is 1. The third-order valence-corrected chi connectivity index (χ3v) is 6.50. The Morgan fingerprint density at radius 3 is 3.00 bits per heavy atom. The zero-order valence-electron chi connectivity index (χ0n) is 17.5. The van der Waals surface area contributed by atoms with Crippen LogP contribution in [0.1, 0.15) is 48.1 Å². The van der Waals surface area contributed by atoms with Crippen LogP contribution in [0.2, 0.25) is 5.02 Å². The largest absolute Gasteiger partial charge is 0.362 e.